The van der Waals surface area contributed by atoms with Gasteiger partial charge in [-0.15, -0.1) is 11.8 Å². The number of rotatable bonds is 1. The molecule has 3 rings (SSSR count). The molecule has 1 amide bonds. The van der Waals surface area contributed by atoms with Crippen LogP contribution in [0.5, 0.6) is 0 Å². The zero-order valence-corrected chi connectivity index (χ0v) is 12.2. The van der Waals surface area contributed by atoms with Gasteiger partial charge in [-0.3, -0.25) is 4.79 Å². The van der Waals surface area contributed by atoms with Crippen LogP contribution in [0.1, 0.15) is 22.8 Å². The van der Waals surface area contributed by atoms with Gasteiger partial charge < -0.3 is 5.32 Å². The normalized spacial score (nSPS) is 18.3. The standard InChI is InChI=1S/C16H12F3NOS/c17-16(18,19)11-5-3-4-10(8-11)14-9-15(21)20-12-6-1-2-7-13(12)22-14/h1-8,14H,9H2,(H,20,21). The van der Waals surface area contributed by atoms with Crippen molar-refractivity contribution in [3.8, 4) is 0 Å². The fourth-order valence-electron chi connectivity index (χ4n) is 2.34. The van der Waals surface area contributed by atoms with Crippen molar-refractivity contribution in [1.82, 2.24) is 0 Å². The van der Waals surface area contributed by atoms with Crippen LogP contribution in [0.2, 0.25) is 0 Å². The first kappa shape index (κ1) is 15.0. The van der Waals surface area contributed by atoms with Gasteiger partial charge in [-0.05, 0) is 23.8 Å². The summed E-state index contributed by atoms with van der Waals surface area (Å²) in [7, 11) is 0. The van der Waals surface area contributed by atoms with E-state index in [0.29, 0.717) is 11.3 Å². The summed E-state index contributed by atoms with van der Waals surface area (Å²) in [6, 6.07) is 12.5. The zero-order chi connectivity index (χ0) is 15.7. The van der Waals surface area contributed by atoms with Crippen LogP contribution in [0.4, 0.5) is 18.9 Å². The van der Waals surface area contributed by atoms with Gasteiger partial charge in [-0.25, -0.2) is 0 Å². The van der Waals surface area contributed by atoms with Gasteiger partial charge in [0.25, 0.3) is 0 Å². The van der Waals surface area contributed by atoms with Crippen LogP contribution in [0.15, 0.2) is 53.4 Å². The highest BCUT2D eigenvalue weighted by atomic mass is 32.2. The maximum atomic E-state index is 12.8. The van der Waals surface area contributed by atoms with E-state index in [0.717, 1.165) is 17.0 Å². The van der Waals surface area contributed by atoms with E-state index in [4.69, 9.17) is 0 Å². The number of benzene rings is 2. The SMILES string of the molecule is O=C1CC(c2cccc(C(F)(F)F)c2)Sc2ccccc2N1. The number of hydrogen-bond acceptors (Lipinski definition) is 2. The number of carbonyl (C=O) groups excluding carboxylic acids is 1. The van der Waals surface area contributed by atoms with Crippen molar-refractivity contribution in [2.24, 2.45) is 0 Å². The molecule has 2 aromatic carbocycles. The minimum absolute atomic E-state index is 0.140. The van der Waals surface area contributed by atoms with Crippen molar-refractivity contribution < 1.29 is 18.0 Å². The number of amides is 1. The van der Waals surface area contributed by atoms with Crippen LogP contribution >= 0.6 is 11.8 Å². The van der Waals surface area contributed by atoms with Crippen molar-refractivity contribution >= 4 is 23.4 Å². The Morgan fingerprint density at radius 3 is 2.64 bits per heavy atom. The van der Waals surface area contributed by atoms with Crippen molar-refractivity contribution in [3.05, 3.63) is 59.7 Å². The highest BCUT2D eigenvalue weighted by Gasteiger charge is 2.32. The summed E-state index contributed by atoms with van der Waals surface area (Å²) >= 11 is 1.40. The maximum Gasteiger partial charge on any atom is 0.416 e. The molecular formula is C16H12F3NOS. The number of anilines is 1. The molecule has 6 heteroatoms. The topological polar surface area (TPSA) is 29.1 Å². The molecule has 2 aromatic rings. The lowest BCUT2D eigenvalue weighted by Gasteiger charge is -2.15. The van der Waals surface area contributed by atoms with Crippen LogP contribution in [-0.2, 0) is 11.0 Å². The molecule has 1 N–H and O–H groups in total. The average Bonchev–Trinajstić information content (AvgIpc) is 2.64. The molecule has 0 saturated heterocycles. The van der Waals surface area contributed by atoms with E-state index >= 15 is 0 Å². The molecule has 0 radical (unpaired) electrons. The van der Waals surface area contributed by atoms with Crippen molar-refractivity contribution in [2.45, 2.75) is 22.7 Å². The first-order valence-electron chi connectivity index (χ1n) is 6.66. The third-order valence-electron chi connectivity index (χ3n) is 3.39. The second-order valence-electron chi connectivity index (χ2n) is 4.98. The second-order valence-corrected chi connectivity index (χ2v) is 6.22. The van der Waals surface area contributed by atoms with Gasteiger partial charge in [0.2, 0.25) is 5.91 Å². The smallest absolute Gasteiger partial charge is 0.325 e. The average molecular weight is 323 g/mol. The highest BCUT2D eigenvalue weighted by molar-refractivity contribution is 7.99. The fourth-order valence-corrected chi connectivity index (χ4v) is 3.57. The molecule has 1 atom stereocenters. The van der Waals surface area contributed by atoms with E-state index in [1.54, 1.807) is 12.1 Å². The lowest BCUT2D eigenvalue weighted by Crippen LogP contribution is -2.12. The first-order chi connectivity index (χ1) is 10.4. The highest BCUT2D eigenvalue weighted by Crippen LogP contribution is 2.44. The Morgan fingerprint density at radius 1 is 1.09 bits per heavy atom. The molecular weight excluding hydrogens is 311 g/mol. The Labute approximate surface area is 129 Å². The Hall–Kier alpha value is -1.95. The maximum absolute atomic E-state index is 12.8. The van der Waals surface area contributed by atoms with Crippen LogP contribution in [0, 0.1) is 0 Å². The molecule has 0 bridgehead atoms. The summed E-state index contributed by atoms with van der Waals surface area (Å²) < 4.78 is 38.5. The summed E-state index contributed by atoms with van der Waals surface area (Å²) in [5, 5.41) is 2.44. The third-order valence-corrected chi connectivity index (χ3v) is 4.72. The van der Waals surface area contributed by atoms with Gasteiger partial charge in [0.15, 0.2) is 0 Å². The van der Waals surface area contributed by atoms with E-state index < -0.39 is 11.7 Å². The monoisotopic (exact) mass is 323 g/mol. The zero-order valence-electron chi connectivity index (χ0n) is 11.4. The lowest BCUT2D eigenvalue weighted by molar-refractivity contribution is -0.137. The summed E-state index contributed by atoms with van der Waals surface area (Å²) in [5.41, 5.74) is 0.516. The Morgan fingerprint density at radius 2 is 1.86 bits per heavy atom. The molecule has 22 heavy (non-hydrogen) atoms. The molecule has 0 fully saturated rings. The molecule has 0 aromatic heterocycles. The number of carbonyl (C=O) groups is 1. The molecule has 2 nitrogen and oxygen atoms in total. The molecule has 1 heterocycles. The fraction of sp³-hybridized carbons (Fsp3) is 0.188. The molecule has 0 spiro atoms. The van der Waals surface area contributed by atoms with E-state index in [1.807, 2.05) is 18.2 Å². The number of alkyl halides is 3. The van der Waals surface area contributed by atoms with Crippen LogP contribution in [0.25, 0.3) is 0 Å². The molecule has 1 aliphatic rings. The number of hydrogen-bond donors (Lipinski definition) is 1. The number of para-hydroxylation sites is 1. The van der Waals surface area contributed by atoms with Gasteiger partial charge in [0.05, 0.1) is 11.3 Å². The van der Waals surface area contributed by atoms with Crippen LogP contribution in [0.3, 0.4) is 0 Å². The number of fused-ring (bicyclic) bond motifs is 1. The van der Waals surface area contributed by atoms with E-state index in [1.165, 1.54) is 17.8 Å². The van der Waals surface area contributed by atoms with Crippen LogP contribution < -0.4 is 5.32 Å². The Bertz CT molecular complexity index is 715. The minimum atomic E-state index is -4.38. The third kappa shape index (κ3) is 3.11. The lowest BCUT2D eigenvalue weighted by atomic mass is 10.1. The molecule has 1 unspecified atom stereocenters. The van der Waals surface area contributed by atoms with Gasteiger partial charge >= 0.3 is 6.18 Å². The van der Waals surface area contributed by atoms with Gasteiger partial charge in [-0.2, -0.15) is 13.2 Å². The van der Waals surface area contributed by atoms with E-state index in [9.17, 15) is 18.0 Å². The molecule has 1 aliphatic heterocycles. The van der Waals surface area contributed by atoms with Crippen LogP contribution in [-0.4, -0.2) is 5.91 Å². The van der Waals surface area contributed by atoms with E-state index in [-0.39, 0.29) is 17.6 Å². The largest absolute Gasteiger partial charge is 0.416 e. The summed E-state index contributed by atoms with van der Waals surface area (Å²) in [4.78, 5) is 12.8. The summed E-state index contributed by atoms with van der Waals surface area (Å²) in [5.74, 6) is -0.195. The summed E-state index contributed by atoms with van der Waals surface area (Å²) in [6.45, 7) is 0. The van der Waals surface area contributed by atoms with Crippen molar-refractivity contribution in [2.75, 3.05) is 5.32 Å². The van der Waals surface area contributed by atoms with Crippen molar-refractivity contribution in [1.29, 1.82) is 0 Å². The van der Waals surface area contributed by atoms with Gasteiger partial charge in [0, 0.05) is 16.6 Å². The Balaban J connectivity index is 1.97. The van der Waals surface area contributed by atoms with Gasteiger partial charge in [-0.1, -0.05) is 30.3 Å². The number of nitrogens with one attached hydrogen (secondary N) is 1. The van der Waals surface area contributed by atoms with Gasteiger partial charge in [0.1, 0.15) is 0 Å². The van der Waals surface area contributed by atoms with Crippen molar-refractivity contribution in [3.63, 3.8) is 0 Å². The molecule has 0 saturated carbocycles. The minimum Gasteiger partial charge on any atom is -0.325 e. The predicted molar refractivity (Wildman–Crippen MR) is 79.7 cm³/mol. The molecule has 0 aliphatic carbocycles. The quantitative estimate of drug-likeness (QED) is 0.810. The number of halogens is 3. The first-order valence-corrected chi connectivity index (χ1v) is 7.54. The second kappa shape index (κ2) is 5.68. The number of thioether (sulfide) groups is 1. The summed E-state index contributed by atoms with van der Waals surface area (Å²) in [6.07, 6.45) is -4.24. The Kier molecular flexibility index (Phi) is 3.87. The molecule has 114 valence electrons. The predicted octanol–water partition coefficient (Wildman–Crippen LogP) is 4.88. The van der Waals surface area contributed by atoms with E-state index in [2.05, 4.69) is 5.32 Å².